The quantitative estimate of drug-likeness (QED) is 0.698. The molecule has 1 spiro atoms. The van der Waals surface area contributed by atoms with E-state index in [0.29, 0.717) is 34.4 Å². The first-order chi connectivity index (χ1) is 13.0. The summed E-state index contributed by atoms with van der Waals surface area (Å²) in [5.41, 5.74) is 2.31. The average Bonchev–Trinajstić information content (AvgIpc) is 3.14. The van der Waals surface area contributed by atoms with E-state index in [4.69, 9.17) is 32.7 Å². The van der Waals surface area contributed by atoms with Gasteiger partial charge in [-0.15, -0.1) is 0 Å². The molecule has 4 rings (SSSR count). The van der Waals surface area contributed by atoms with Crippen LogP contribution in [0.1, 0.15) is 34.3 Å². The number of hydrogen-bond acceptors (Lipinski definition) is 4. The Morgan fingerprint density at radius 2 is 1.67 bits per heavy atom. The Balaban J connectivity index is 1.43. The van der Waals surface area contributed by atoms with Gasteiger partial charge in [-0.1, -0.05) is 41.4 Å². The standard InChI is InChI=1S/C21H21Cl2NO3/c22-18-5-4-17(13-19(18)23)20(25)16-3-1-2-15(12-16)14-24-8-6-21(7-9-24)26-10-11-27-21/h1-5,12-13H,6-11,14H2. The molecular formula is C21H21Cl2NO3. The number of likely N-dealkylation sites (tertiary alicyclic amines) is 1. The fourth-order valence-electron chi connectivity index (χ4n) is 3.71. The molecule has 6 heteroatoms. The lowest BCUT2D eigenvalue weighted by molar-refractivity contribution is -0.185. The average molecular weight is 406 g/mol. The van der Waals surface area contributed by atoms with Crippen LogP contribution in [0.4, 0.5) is 0 Å². The summed E-state index contributed by atoms with van der Waals surface area (Å²) in [6, 6.07) is 12.7. The highest BCUT2D eigenvalue weighted by molar-refractivity contribution is 6.42. The minimum Gasteiger partial charge on any atom is -0.347 e. The summed E-state index contributed by atoms with van der Waals surface area (Å²) >= 11 is 12.0. The maximum Gasteiger partial charge on any atom is 0.193 e. The zero-order valence-corrected chi connectivity index (χ0v) is 16.4. The molecule has 0 bridgehead atoms. The van der Waals surface area contributed by atoms with Crippen molar-refractivity contribution in [1.82, 2.24) is 4.90 Å². The lowest BCUT2D eigenvalue weighted by Gasteiger charge is -2.37. The minimum atomic E-state index is -0.359. The number of nitrogens with zero attached hydrogens (tertiary/aromatic N) is 1. The number of ether oxygens (including phenoxy) is 2. The van der Waals surface area contributed by atoms with Gasteiger partial charge < -0.3 is 9.47 Å². The predicted molar refractivity (Wildman–Crippen MR) is 105 cm³/mol. The molecule has 2 saturated heterocycles. The molecule has 142 valence electrons. The van der Waals surface area contributed by atoms with Crippen LogP contribution in [-0.2, 0) is 16.0 Å². The third-order valence-electron chi connectivity index (χ3n) is 5.21. The van der Waals surface area contributed by atoms with E-state index in [1.807, 2.05) is 18.2 Å². The molecule has 0 amide bonds. The van der Waals surface area contributed by atoms with Crippen molar-refractivity contribution in [2.24, 2.45) is 0 Å². The number of carbonyl (C=O) groups is 1. The molecule has 0 unspecified atom stereocenters. The van der Waals surface area contributed by atoms with Crippen molar-refractivity contribution in [2.45, 2.75) is 25.2 Å². The van der Waals surface area contributed by atoms with Gasteiger partial charge in [0.2, 0.25) is 0 Å². The third-order valence-corrected chi connectivity index (χ3v) is 5.95. The normalized spacial score (nSPS) is 19.5. The highest BCUT2D eigenvalue weighted by Gasteiger charge is 2.39. The lowest BCUT2D eigenvalue weighted by Crippen LogP contribution is -2.44. The second kappa shape index (κ2) is 7.90. The smallest absolute Gasteiger partial charge is 0.193 e. The summed E-state index contributed by atoms with van der Waals surface area (Å²) in [5.74, 6) is -0.414. The lowest BCUT2D eigenvalue weighted by atomic mass is 10.00. The molecule has 0 aromatic heterocycles. The fraction of sp³-hybridized carbons (Fsp3) is 0.381. The van der Waals surface area contributed by atoms with Gasteiger partial charge in [-0.3, -0.25) is 9.69 Å². The molecule has 0 radical (unpaired) electrons. The van der Waals surface area contributed by atoms with Gasteiger partial charge in [-0.2, -0.15) is 0 Å². The maximum absolute atomic E-state index is 12.8. The SMILES string of the molecule is O=C(c1cccc(CN2CCC3(CC2)OCCO3)c1)c1ccc(Cl)c(Cl)c1. The zero-order valence-electron chi connectivity index (χ0n) is 14.9. The van der Waals surface area contributed by atoms with Crippen LogP contribution < -0.4 is 0 Å². The summed E-state index contributed by atoms with van der Waals surface area (Å²) in [4.78, 5) is 15.1. The molecule has 2 aromatic carbocycles. The van der Waals surface area contributed by atoms with E-state index in [9.17, 15) is 4.79 Å². The van der Waals surface area contributed by atoms with Gasteiger partial charge in [0, 0.05) is 43.6 Å². The summed E-state index contributed by atoms with van der Waals surface area (Å²) in [6.45, 7) is 4.03. The second-order valence-electron chi connectivity index (χ2n) is 7.04. The topological polar surface area (TPSA) is 38.8 Å². The first-order valence-electron chi connectivity index (χ1n) is 9.14. The minimum absolute atomic E-state index is 0.0548. The van der Waals surface area contributed by atoms with Crippen molar-refractivity contribution < 1.29 is 14.3 Å². The molecule has 2 aromatic rings. The van der Waals surface area contributed by atoms with Crippen LogP contribution in [0.2, 0.25) is 10.0 Å². The van der Waals surface area contributed by atoms with Crippen LogP contribution in [0.5, 0.6) is 0 Å². The van der Waals surface area contributed by atoms with Crippen molar-refractivity contribution in [3.8, 4) is 0 Å². The van der Waals surface area contributed by atoms with E-state index in [1.54, 1.807) is 18.2 Å². The van der Waals surface area contributed by atoms with Crippen molar-refractivity contribution in [2.75, 3.05) is 26.3 Å². The number of halogens is 2. The van der Waals surface area contributed by atoms with Crippen molar-refractivity contribution in [3.05, 3.63) is 69.2 Å². The van der Waals surface area contributed by atoms with Crippen LogP contribution in [0.3, 0.4) is 0 Å². The number of benzene rings is 2. The van der Waals surface area contributed by atoms with E-state index in [2.05, 4.69) is 11.0 Å². The molecule has 27 heavy (non-hydrogen) atoms. The van der Waals surface area contributed by atoms with E-state index in [1.165, 1.54) is 0 Å². The Hall–Kier alpha value is -1.43. The summed E-state index contributed by atoms with van der Waals surface area (Å²) in [5, 5.41) is 0.831. The van der Waals surface area contributed by atoms with Crippen LogP contribution >= 0.6 is 23.2 Å². The zero-order chi connectivity index (χ0) is 18.9. The monoisotopic (exact) mass is 405 g/mol. The molecule has 0 N–H and O–H groups in total. The second-order valence-corrected chi connectivity index (χ2v) is 7.86. The number of carbonyl (C=O) groups excluding carboxylic acids is 1. The van der Waals surface area contributed by atoms with Gasteiger partial charge in [0.15, 0.2) is 11.6 Å². The Bertz CT molecular complexity index is 839. The molecule has 2 heterocycles. The van der Waals surface area contributed by atoms with Gasteiger partial charge in [0.05, 0.1) is 23.3 Å². The Morgan fingerprint density at radius 3 is 2.37 bits per heavy atom. The van der Waals surface area contributed by atoms with Gasteiger partial charge in [0.25, 0.3) is 0 Å². The number of piperidine rings is 1. The van der Waals surface area contributed by atoms with E-state index < -0.39 is 0 Å². The third kappa shape index (κ3) is 4.20. The highest BCUT2D eigenvalue weighted by Crippen LogP contribution is 2.32. The molecule has 0 aliphatic carbocycles. The summed E-state index contributed by atoms with van der Waals surface area (Å²) in [7, 11) is 0. The van der Waals surface area contributed by atoms with Crippen LogP contribution in [0, 0.1) is 0 Å². The molecular weight excluding hydrogens is 385 g/mol. The first kappa shape index (κ1) is 18.9. The van der Waals surface area contributed by atoms with E-state index >= 15 is 0 Å². The number of ketones is 1. The Labute approximate surface area is 169 Å². The van der Waals surface area contributed by atoms with E-state index in [0.717, 1.165) is 38.0 Å². The molecule has 2 aliphatic heterocycles. The van der Waals surface area contributed by atoms with Crippen LogP contribution in [-0.4, -0.2) is 42.8 Å². The largest absolute Gasteiger partial charge is 0.347 e. The van der Waals surface area contributed by atoms with Gasteiger partial charge >= 0.3 is 0 Å². The number of hydrogen-bond donors (Lipinski definition) is 0. The highest BCUT2D eigenvalue weighted by atomic mass is 35.5. The van der Waals surface area contributed by atoms with Gasteiger partial charge in [0.1, 0.15) is 0 Å². The molecule has 0 saturated carbocycles. The Kier molecular flexibility index (Phi) is 5.53. The fourth-order valence-corrected chi connectivity index (χ4v) is 4.01. The predicted octanol–water partition coefficient (Wildman–Crippen LogP) is 4.56. The molecule has 2 aliphatic rings. The van der Waals surface area contributed by atoms with Crippen LogP contribution in [0.25, 0.3) is 0 Å². The summed E-state index contributed by atoms with van der Waals surface area (Å²) < 4.78 is 11.6. The number of rotatable bonds is 4. The molecule has 4 nitrogen and oxygen atoms in total. The van der Waals surface area contributed by atoms with Crippen molar-refractivity contribution >= 4 is 29.0 Å². The van der Waals surface area contributed by atoms with Crippen LogP contribution in [0.15, 0.2) is 42.5 Å². The Morgan fingerprint density at radius 1 is 0.963 bits per heavy atom. The van der Waals surface area contributed by atoms with Crippen molar-refractivity contribution in [1.29, 1.82) is 0 Å². The molecule has 0 atom stereocenters. The summed E-state index contributed by atoms with van der Waals surface area (Å²) in [6.07, 6.45) is 1.77. The van der Waals surface area contributed by atoms with Gasteiger partial charge in [-0.05, 0) is 29.8 Å². The van der Waals surface area contributed by atoms with Gasteiger partial charge in [-0.25, -0.2) is 0 Å². The van der Waals surface area contributed by atoms with Crippen molar-refractivity contribution in [3.63, 3.8) is 0 Å². The first-order valence-corrected chi connectivity index (χ1v) is 9.89. The molecule has 2 fully saturated rings. The maximum atomic E-state index is 12.8. The van der Waals surface area contributed by atoms with E-state index in [-0.39, 0.29) is 11.6 Å².